The average Bonchev–Trinajstić information content (AvgIpc) is 2.37. The Hall–Kier alpha value is -2.50. The van der Waals surface area contributed by atoms with Crippen molar-refractivity contribution in [1.82, 2.24) is 0 Å². The number of rotatable bonds is 5. The van der Waals surface area contributed by atoms with Gasteiger partial charge < -0.3 is 9.47 Å². The fraction of sp³-hybridized carbons (Fsp3) is 0.364. The number of nitro benzene ring substituents is 1. The fourth-order valence-electron chi connectivity index (χ4n) is 1.27. The van der Waals surface area contributed by atoms with Crippen molar-refractivity contribution < 1.29 is 27.6 Å². The van der Waals surface area contributed by atoms with Crippen LogP contribution in [0.4, 0.5) is 18.9 Å². The standard InChI is InChI=1S/C11H9F3N2O4/c1-19-8-2-3-9(16(17)18)10(4-8)20-6-7(5-15)11(12,13)14/h2-4,7H,6H2,1H3. The Bertz CT molecular complexity index is 539. The van der Waals surface area contributed by atoms with Crippen molar-refractivity contribution in [3.05, 3.63) is 28.3 Å². The maximum Gasteiger partial charge on any atom is 0.407 e. The summed E-state index contributed by atoms with van der Waals surface area (Å²) in [7, 11) is 1.29. The molecule has 20 heavy (non-hydrogen) atoms. The molecule has 0 radical (unpaired) electrons. The number of halogens is 3. The third kappa shape index (κ3) is 3.74. The van der Waals surface area contributed by atoms with Crippen LogP contribution in [0.15, 0.2) is 18.2 Å². The van der Waals surface area contributed by atoms with Crippen molar-refractivity contribution in [2.45, 2.75) is 6.18 Å². The van der Waals surface area contributed by atoms with Gasteiger partial charge in [0.25, 0.3) is 0 Å². The molecule has 9 heteroatoms. The summed E-state index contributed by atoms with van der Waals surface area (Å²) in [5.74, 6) is -2.57. The van der Waals surface area contributed by atoms with Gasteiger partial charge in [-0.3, -0.25) is 10.1 Å². The summed E-state index contributed by atoms with van der Waals surface area (Å²) < 4.78 is 46.7. The van der Waals surface area contributed by atoms with E-state index in [0.717, 1.165) is 18.2 Å². The number of benzene rings is 1. The van der Waals surface area contributed by atoms with Gasteiger partial charge in [-0.25, -0.2) is 0 Å². The van der Waals surface area contributed by atoms with E-state index in [-0.39, 0.29) is 11.5 Å². The highest BCUT2D eigenvalue weighted by atomic mass is 19.4. The summed E-state index contributed by atoms with van der Waals surface area (Å²) >= 11 is 0. The SMILES string of the molecule is COc1ccc([N+](=O)[O-])c(OCC(C#N)C(F)(F)F)c1. The topological polar surface area (TPSA) is 85.4 Å². The van der Waals surface area contributed by atoms with Crippen LogP contribution in [0.3, 0.4) is 0 Å². The van der Waals surface area contributed by atoms with Crippen molar-refractivity contribution >= 4 is 5.69 Å². The van der Waals surface area contributed by atoms with Crippen LogP contribution in [0.1, 0.15) is 0 Å². The molecule has 1 unspecified atom stereocenters. The van der Waals surface area contributed by atoms with Gasteiger partial charge in [0.1, 0.15) is 12.4 Å². The molecule has 0 fully saturated rings. The number of nitriles is 1. The van der Waals surface area contributed by atoms with Crippen LogP contribution in [0.2, 0.25) is 0 Å². The van der Waals surface area contributed by atoms with Crippen LogP contribution in [0.5, 0.6) is 11.5 Å². The van der Waals surface area contributed by atoms with E-state index in [1.807, 2.05) is 0 Å². The van der Waals surface area contributed by atoms with E-state index in [1.54, 1.807) is 0 Å². The summed E-state index contributed by atoms with van der Waals surface area (Å²) in [6.45, 7) is -1.03. The summed E-state index contributed by atoms with van der Waals surface area (Å²) in [4.78, 5) is 9.93. The van der Waals surface area contributed by atoms with E-state index in [4.69, 9.17) is 14.7 Å². The Morgan fingerprint density at radius 1 is 1.50 bits per heavy atom. The molecule has 0 N–H and O–H groups in total. The number of hydrogen-bond donors (Lipinski definition) is 0. The first-order valence-electron chi connectivity index (χ1n) is 5.21. The molecule has 0 saturated heterocycles. The van der Waals surface area contributed by atoms with Gasteiger partial charge >= 0.3 is 11.9 Å². The van der Waals surface area contributed by atoms with Gasteiger partial charge in [-0.05, 0) is 6.07 Å². The Morgan fingerprint density at radius 2 is 2.15 bits per heavy atom. The predicted molar refractivity (Wildman–Crippen MR) is 60.3 cm³/mol. The van der Waals surface area contributed by atoms with Crippen LogP contribution in [-0.4, -0.2) is 24.8 Å². The highest BCUT2D eigenvalue weighted by Crippen LogP contribution is 2.33. The molecular formula is C11H9F3N2O4. The third-order valence-corrected chi connectivity index (χ3v) is 2.32. The number of alkyl halides is 3. The van der Waals surface area contributed by atoms with Gasteiger partial charge in [-0.1, -0.05) is 0 Å². The van der Waals surface area contributed by atoms with Crippen molar-refractivity contribution in [3.8, 4) is 17.6 Å². The molecule has 0 aromatic heterocycles. The number of hydrogen-bond acceptors (Lipinski definition) is 5. The van der Waals surface area contributed by atoms with Crippen molar-refractivity contribution in [2.75, 3.05) is 13.7 Å². The first-order chi connectivity index (χ1) is 9.29. The van der Waals surface area contributed by atoms with Crippen molar-refractivity contribution in [2.24, 2.45) is 5.92 Å². The number of methoxy groups -OCH3 is 1. The molecule has 1 aromatic carbocycles. The molecular weight excluding hydrogens is 281 g/mol. The number of nitro groups is 1. The highest BCUT2D eigenvalue weighted by Gasteiger charge is 2.40. The second kappa shape index (κ2) is 6.10. The quantitative estimate of drug-likeness (QED) is 0.614. The zero-order chi connectivity index (χ0) is 15.3. The maximum absolute atomic E-state index is 12.4. The lowest BCUT2D eigenvalue weighted by atomic mass is 10.2. The normalized spacial score (nSPS) is 12.3. The van der Waals surface area contributed by atoms with Gasteiger partial charge in [-0.2, -0.15) is 18.4 Å². The summed E-state index contributed by atoms with van der Waals surface area (Å²) in [6, 6.07) is 4.44. The number of nitrogens with zero attached hydrogens (tertiary/aromatic N) is 2. The lowest BCUT2D eigenvalue weighted by Gasteiger charge is -2.14. The summed E-state index contributed by atoms with van der Waals surface area (Å²) in [5, 5.41) is 19.1. The molecule has 0 aliphatic rings. The van der Waals surface area contributed by atoms with Crippen LogP contribution in [0, 0.1) is 27.4 Å². The largest absolute Gasteiger partial charge is 0.497 e. The van der Waals surface area contributed by atoms with Gasteiger partial charge in [0.15, 0.2) is 5.92 Å². The predicted octanol–water partition coefficient (Wildman–Crippen LogP) is 2.68. The van der Waals surface area contributed by atoms with Crippen LogP contribution < -0.4 is 9.47 Å². The summed E-state index contributed by atoms with van der Waals surface area (Å²) in [5.41, 5.74) is -0.510. The molecule has 1 atom stereocenters. The molecule has 0 aliphatic heterocycles. The van der Waals surface area contributed by atoms with E-state index < -0.39 is 29.3 Å². The van der Waals surface area contributed by atoms with E-state index >= 15 is 0 Å². The zero-order valence-electron chi connectivity index (χ0n) is 10.2. The first kappa shape index (κ1) is 15.6. The van der Waals surface area contributed by atoms with E-state index in [0.29, 0.717) is 0 Å². The van der Waals surface area contributed by atoms with E-state index in [9.17, 15) is 23.3 Å². The molecule has 0 amide bonds. The molecule has 0 saturated carbocycles. The van der Waals surface area contributed by atoms with Crippen molar-refractivity contribution in [3.63, 3.8) is 0 Å². The molecule has 0 heterocycles. The Balaban J connectivity index is 2.96. The van der Waals surface area contributed by atoms with Gasteiger partial charge in [0.2, 0.25) is 5.75 Å². The Morgan fingerprint density at radius 3 is 2.60 bits per heavy atom. The smallest absolute Gasteiger partial charge is 0.407 e. The van der Waals surface area contributed by atoms with Crippen LogP contribution in [0.25, 0.3) is 0 Å². The minimum absolute atomic E-state index is 0.186. The summed E-state index contributed by atoms with van der Waals surface area (Å²) in [6.07, 6.45) is -4.76. The van der Waals surface area contributed by atoms with Crippen LogP contribution in [-0.2, 0) is 0 Å². The molecule has 0 spiro atoms. The minimum atomic E-state index is -4.76. The lowest BCUT2D eigenvalue weighted by molar-refractivity contribution is -0.386. The molecule has 1 aromatic rings. The molecule has 1 rings (SSSR count). The fourth-order valence-corrected chi connectivity index (χ4v) is 1.27. The minimum Gasteiger partial charge on any atom is -0.497 e. The van der Waals surface area contributed by atoms with E-state index in [1.165, 1.54) is 13.2 Å². The molecule has 108 valence electrons. The molecule has 0 bridgehead atoms. The maximum atomic E-state index is 12.4. The van der Waals surface area contributed by atoms with Gasteiger partial charge in [0.05, 0.1) is 18.1 Å². The van der Waals surface area contributed by atoms with Crippen LogP contribution >= 0.6 is 0 Å². The first-order valence-corrected chi connectivity index (χ1v) is 5.21. The Labute approximate surface area is 111 Å². The van der Waals surface area contributed by atoms with Gasteiger partial charge in [0, 0.05) is 12.1 Å². The monoisotopic (exact) mass is 290 g/mol. The Kier molecular flexibility index (Phi) is 4.74. The molecule has 6 nitrogen and oxygen atoms in total. The second-order valence-corrected chi connectivity index (χ2v) is 3.63. The highest BCUT2D eigenvalue weighted by molar-refractivity contribution is 5.50. The zero-order valence-corrected chi connectivity index (χ0v) is 10.2. The average molecular weight is 290 g/mol. The van der Waals surface area contributed by atoms with E-state index in [2.05, 4.69) is 0 Å². The number of ether oxygens (including phenoxy) is 2. The van der Waals surface area contributed by atoms with Gasteiger partial charge in [-0.15, -0.1) is 0 Å². The molecule has 0 aliphatic carbocycles. The van der Waals surface area contributed by atoms with Crippen molar-refractivity contribution in [1.29, 1.82) is 5.26 Å². The second-order valence-electron chi connectivity index (χ2n) is 3.63. The third-order valence-electron chi connectivity index (χ3n) is 2.32. The lowest BCUT2D eigenvalue weighted by Crippen LogP contribution is -2.27.